The summed E-state index contributed by atoms with van der Waals surface area (Å²) >= 11 is 5.71. The molecule has 0 radical (unpaired) electrons. The monoisotopic (exact) mass is 195 g/mol. The number of hydrogen-bond acceptors (Lipinski definition) is 2. The standard InChI is InChI=1S/C9H6ClNO2/c1-2-5-7(11)4-3-6(8(5)10)9(12)13/h1,3-4H,11H2,(H,12,13). The Morgan fingerprint density at radius 1 is 1.62 bits per heavy atom. The molecule has 3 N–H and O–H groups in total. The smallest absolute Gasteiger partial charge is 0.337 e. The second-order valence-corrected chi connectivity index (χ2v) is 2.72. The van der Waals surface area contributed by atoms with Gasteiger partial charge in [-0.25, -0.2) is 4.79 Å². The second-order valence-electron chi connectivity index (χ2n) is 2.34. The molecule has 0 aromatic heterocycles. The van der Waals surface area contributed by atoms with E-state index in [4.69, 9.17) is 28.9 Å². The Kier molecular flexibility index (Phi) is 2.45. The van der Waals surface area contributed by atoms with Crippen molar-refractivity contribution in [1.82, 2.24) is 0 Å². The van der Waals surface area contributed by atoms with Crippen molar-refractivity contribution in [2.45, 2.75) is 0 Å². The number of carbonyl (C=O) groups is 1. The molecule has 0 bridgehead atoms. The molecule has 0 saturated carbocycles. The highest BCUT2D eigenvalue weighted by Crippen LogP contribution is 2.25. The molecule has 0 aliphatic rings. The Morgan fingerprint density at radius 3 is 2.69 bits per heavy atom. The van der Waals surface area contributed by atoms with Gasteiger partial charge in [0.05, 0.1) is 16.1 Å². The minimum Gasteiger partial charge on any atom is -0.478 e. The molecule has 0 heterocycles. The zero-order valence-electron chi connectivity index (χ0n) is 6.54. The largest absolute Gasteiger partial charge is 0.478 e. The summed E-state index contributed by atoms with van der Waals surface area (Å²) in [5.41, 5.74) is 5.97. The molecule has 1 rings (SSSR count). The minimum atomic E-state index is -1.12. The number of anilines is 1. The molecule has 0 saturated heterocycles. The van der Waals surface area contributed by atoms with Crippen LogP contribution in [-0.4, -0.2) is 11.1 Å². The summed E-state index contributed by atoms with van der Waals surface area (Å²) in [7, 11) is 0. The molecule has 0 fully saturated rings. The van der Waals surface area contributed by atoms with Crippen molar-refractivity contribution in [2.24, 2.45) is 0 Å². The highest BCUT2D eigenvalue weighted by atomic mass is 35.5. The number of nitrogen functional groups attached to an aromatic ring is 1. The number of carboxylic acid groups (broad SMARTS) is 1. The fourth-order valence-electron chi connectivity index (χ4n) is 0.903. The number of carboxylic acids is 1. The molecule has 0 atom stereocenters. The summed E-state index contributed by atoms with van der Waals surface area (Å²) in [6.07, 6.45) is 5.11. The fourth-order valence-corrected chi connectivity index (χ4v) is 1.21. The highest BCUT2D eigenvalue weighted by molar-refractivity contribution is 6.35. The first-order valence-corrected chi connectivity index (χ1v) is 3.73. The molecular weight excluding hydrogens is 190 g/mol. The average Bonchev–Trinajstić information content (AvgIpc) is 2.04. The van der Waals surface area contributed by atoms with Crippen molar-refractivity contribution in [3.05, 3.63) is 28.3 Å². The third kappa shape index (κ3) is 1.58. The Balaban J connectivity index is 3.47. The van der Waals surface area contributed by atoms with Crippen LogP contribution in [0.5, 0.6) is 0 Å². The highest BCUT2D eigenvalue weighted by Gasteiger charge is 2.13. The SMILES string of the molecule is C#Cc1c(N)ccc(C(=O)O)c1Cl. The van der Waals surface area contributed by atoms with E-state index >= 15 is 0 Å². The van der Waals surface area contributed by atoms with E-state index in [1.165, 1.54) is 12.1 Å². The zero-order valence-corrected chi connectivity index (χ0v) is 7.30. The summed E-state index contributed by atoms with van der Waals surface area (Å²) in [6, 6.07) is 2.74. The molecule has 0 spiro atoms. The van der Waals surface area contributed by atoms with Gasteiger partial charge in [-0.15, -0.1) is 6.42 Å². The number of nitrogens with two attached hydrogens (primary N) is 1. The molecule has 1 aromatic rings. The predicted molar refractivity (Wildman–Crippen MR) is 50.8 cm³/mol. The van der Waals surface area contributed by atoms with Crippen molar-refractivity contribution in [2.75, 3.05) is 5.73 Å². The van der Waals surface area contributed by atoms with Gasteiger partial charge in [0.25, 0.3) is 0 Å². The molecule has 13 heavy (non-hydrogen) atoms. The molecule has 0 amide bonds. The van der Waals surface area contributed by atoms with E-state index < -0.39 is 5.97 Å². The maximum absolute atomic E-state index is 10.6. The van der Waals surface area contributed by atoms with Crippen LogP contribution in [0, 0.1) is 12.3 Å². The molecule has 0 aliphatic carbocycles. The van der Waals surface area contributed by atoms with Crippen molar-refractivity contribution in [3.63, 3.8) is 0 Å². The van der Waals surface area contributed by atoms with Gasteiger partial charge in [0.15, 0.2) is 0 Å². The van der Waals surface area contributed by atoms with Gasteiger partial charge in [0.2, 0.25) is 0 Å². The van der Waals surface area contributed by atoms with Crippen LogP contribution < -0.4 is 5.73 Å². The van der Waals surface area contributed by atoms with E-state index in [1.807, 2.05) is 0 Å². The van der Waals surface area contributed by atoms with Crippen LogP contribution >= 0.6 is 11.6 Å². The summed E-state index contributed by atoms with van der Waals surface area (Å²) < 4.78 is 0. The lowest BCUT2D eigenvalue weighted by Crippen LogP contribution is -2.01. The number of halogens is 1. The van der Waals surface area contributed by atoms with Crippen molar-refractivity contribution < 1.29 is 9.90 Å². The summed E-state index contributed by atoms with van der Waals surface area (Å²) in [5, 5.41) is 8.69. The van der Waals surface area contributed by atoms with Gasteiger partial charge >= 0.3 is 5.97 Å². The van der Waals surface area contributed by atoms with Gasteiger partial charge in [-0.05, 0) is 12.1 Å². The second kappa shape index (κ2) is 3.38. The first kappa shape index (κ1) is 9.43. The van der Waals surface area contributed by atoms with Gasteiger partial charge in [-0.3, -0.25) is 0 Å². The van der Waals surface area contributed by atoms with Gasteiger partial charge in [0.1, 0.15) is 0 Å². The van der Waals surface area contributed by atoms with Crippen LogP contribution in [0.3, 0.4) is 0 Å². The molecule has 1 aromatic carbocycles. The number of terminal acetylenes is 1. The zero-order chi connectivity index (χ0) is 10.0. The Labute approximate surface area is 80.1 Å². The topological polar surface area (TPSA) is 63.3 Å². The molecule has 0 aliphatic heterocycles. The van der Waals surface area contributed by atoms with Crippen LogP contribution in [0.2, 0.25) is 5.02 Å². The molecule has 4 heteroatoms. The lowest BCUT2D eigenvalue weighted by atomic mass is 10.1. The lowest BCUT2D eigenvalue weighted by molar-refractivity contribution is 0.0697. The lowest BCUT2D eigenvalue weighted by Gasteiger charge is -2.03. The van der Waals surface area contributed by atoms with Crippen LogP contribution in [0.15, 0.2) is 12.1 Å². The van der Waals surface area contributed by atoms with Gasteiger partial charge in [0, 0.05) is 5.69 Å². The van der Waals surface area contributed by atoms with E-state index in [9.17, 15) is 4.79 Å². The normalized spacial score (nSPS) is 9.23. The van der Waals surface area contributed by atoms with Gasteiger partial charge in [-0.1, -0.05) is 17.5 Å². The maximum atomic E-state index is 10.6. The van der Waals surface area contributed by atoms with Crippen molar-refractivity contribution in [1.29, 1.82) is 0 Å². The van der Waals surface area contributed by atoms with Crippen molar-refractivity contribution >= 4 is 23.3 Å². The van der Waals surface area contributed by atoms with E-state index in [2.05, 4.69) is 5.92 Å². The fraction of sp³-hybridized carbons (Fsp3) is 0. The molecule has 0 unspecified atom stereocenters. The third-order valence-corrected chi connectivity index (χ3v) is 1.94. The van der Waals surface area contributed by atoms with E-state index in [1.54, 1.807) is 0 Å². The van der Waals surface area contributed by atoms with E-state index in [0.29, 0.717) is 5.69 Å². The number of benzene rings is 1. The van der Waals surface area contributed by atoms with Crippen LogP contribution in [0.1, 0.15) is 15.9 Å². The predicted octanol–water partition coefficient (Wildman–Crippen LogP) is 1.60. The average molecular weight is 196 g/mol. The first-order chi connectivity index (χ1) is 6.07. The minimum absolute atomic E-state index is 0.00926. The first-order valence-electron chi connectivity index (χ1n) is 3.35. The van der Waals surface area contributed by atoms with Crippen LogP contribution in [0.4, 0.5) is 5.69 Å². The summed E-state index contributed by atoms with van der Waals surface area (Å²) in [6.45, 7) is 0. The number of hydrogen-bond donors (Lipinski definition) is 2. The Hall–Kier alpha value is -1.66. The Morgan fingerprint density at radius 2 is 2.23 bits per heavy atom. The van der Waals surface area contributed by atoms with Crippen molar-refractivity contribution in [3.8, 4) is 12.3 Å². The van der Waals surface area contributed by atoms with Gasteiger partial charge in [-0.2, -0.15) is 0 Å². The molecule has 66 valence electrons. The summed E-state index contributed by atoms with van der Waals surface area (Å²) in [4.78, 5) is 10.6. The third-order valence-electron chi connectivity index (χ3n) is 1.55. The molecular formula is C9H6ClNO2. The van der Waals surface area contributed by atoms with E-state index in [0.717, 1.165) is 0 Å². The maximum Gasteiger partial charge on any atom is 0.337 e. The number of rotatable bonds is 1. The quantitative estimate of drug-likeness (QED) is 0.529. The van der Waals surface area contributed by atoms with Gasteiger partial charge < -0.3 is 10.8 Å². The summed E-state index contributed by atoms with van der Waals surface area (Å²) in [5.74, 6) is 1.11. The Bertz CT molecular complexity index is 407. The van der Waals surface area contributed by atoms with Crippen LogP contribution in [0.25, 0.3) is 0 Å². The molecule has 3 nitrogen and oxygen atoms in total. The van der Waals surface area contributed by atoms with E-state index in [-0.39, 0.29) is 16.1 Å². The van der Waals surface area contributed by atoms with Crippen LogP contribution in [-0.2, 0) is 0 Å². The number of aromatic carboxylic acids is 1.